The number of hydrogen-bond donors (Lipinski definition) is 1. The Morgan fingerprint density at radius 1 is 1.50 bits per heavy atom. The van der Waals surface area contributed by atoms with E-state index in [2.05, 4.69) is 30.5 Å². The predicted octanol–water partition coefficient (Wildman–Crippen LogP) is 2.08. The fourth-order valence-electron chi connectivity index (χ4n) is 1.71. The van der Waals surface area contributed by atoms with Crippen LogP contribution in [0.2, 0.25) is 0 Å². The SMILES string of the molecule is CCCSCC(Cc1cnn(C)c1)NCC. The van der Waals surface area contributed by atoms with Crippen LogP contribution < -0.4 is 5.32 Å². The number of aromatic nitrogens is 2. The van der Waals surface area contributed by atoms with Crippen LogP contribution in [0.25, 0.3) is 0 Å². The first kappa shape index (κ1) is 13.6. The third-order valence-corrected chi connectivity index (χ3v) is 3.74. The van der Waals surface area contributed by atoms with Gasteiger partial charge in [-0.2, -0.15) is 16.9 Å². The van der Waals surface area contributed by atoms with Crippen LogP contribution in [0, 0.1) is 0 Å². The normalized spacial score (nSPS) is 12.9. The molecule has 0 aromatic carbocycles. The van der Waals surface area contributed by atoms with Crippen molar-refractivity contribution in [2.24, 2.45) is 7.05 Å². The van der Waals surface area contributed by atoms with Gasteiger partial charge in [0.15, 0.2) is 0 Å². The number of likely N-dealkylation sites (N-methyl/N-ethyl adjacent to an activating group) is 1. The zero-order chi connectivity index (χ0) is 11.8. The molecular weight excluding hydrogens is 218 g/mol. The van der Waals surface area contributed by atoms with Gasteiger partial charge < -0.3 is 5.32 Å². The number of nitrogens with zero attached hydrogens (tertiary/aromatic N) is 2. The summed E-state index contributed by atoms with van der Waals surface area (Å²) >= 11 is 2.04. The summed E-state index contributed by atoms with van der Waals surface area (Å²) < 4.78 is 1.87. The lowest BCUT2D eigenvalue weighted by atomic mass is 10.1. The number of hydrogen-bond acceptors (Lipinski definition) is 3. The minimum atomic E-state index is 0.575. The standard InChI is InChI=1S/C12H23N3S/c1-4-6-16-10-12(13-5-2)7-11-8-14-15(3)9-11/h8-9,12-13H,4-7,10H2,1-3H3. The number of rotatable bonds is 8. The molecule has 1 unspecified atom stereocenters. The van der Waals surface area contributed by atoms with Crippen molar-refractivity contribution in [3.63, 3.8) is 0 Å². The minimum Gasteiger partial charge on any atom is -0.313 e. The highest BCUT2D eigenvalue weighted by Gasteiger charge is 2.09. The summed E-state index contributed by atoms with van der Waals surface area (Å²) in [4.78, 5) is 0. The van der Waals surface area contributed by atoms with Gasteiger partial charge in [-0.15, -0.1) is 0 Å². The summed E-state index contributed by atoms with van der Waals surface area (Å²) in [5.74, 6) is 2.45. The van der Waals surface area contributed by atoms with Gasteiger partial charge in [0.2, 0.25) is 0 Å². The third-order valence-electron chi connectivity index (χ3n) is 2.40. The highest BCUT2D eigenvalue weighted by atomic mass is 32.2. The average molecular weight is 241 g/mol. The van der Waals surface area contributed by atoms with Crippen molar-refractivity contribution in [2.75, 3.05) is 18.1 Å². The van der Waals surface area contributed by atoms with E-state index >= 15 is 0 Å². The smallest absolute Gasteiger partial charge is 0.0522 e. The van der Waals surface area contributed by atoms with Gasteiger partial charge >= 0.3 is 0 Å². The van der Waals surface area contributed by atoms with Gasteiger partial charge in [0, 0.05) is 25.0 Å². The van der Waals surface area contributed by atoms with Crippen LogP contribution in [0.1, 0.15) is 25.8 Å². The van der Waals surface area contributed by atoms with Crippen molar-refractivity contribution in [1.29, 1.82) is 0 Å². The first-order chi connectivity index (χ1) is 7.76. The van der Waals surface area contributed by atoms with Crippen molar-refractivity contribution in [3.8, 4) is 0 Å². The fourth-order valence-corrected chi connectivity index (χ4v) is 2.69. The number of thioether (sulfide) groups is 1. The summed E-state index contributed by atoms with van der Waals surface area (Å²) in [5, 5.41) is 7.75. The van der Waals surface area contributed by atoms with Gasteiger partial charge in [-0.05, 0) is 30.7 Å². The van der Waals surface area contributed by atoms with Gasteiger partial charge in [0.05, 0.1) is 6.20 Å². The molecule has 0 radical (unpaired) electrons. The van der Waals surface area contributed by atoms with E-state index in [-0.39, 0.29) is 0 Å². The first-order valence-corrected chi connectivity index (χ1v) is 7.20. The van der Waals surface area contributed by atoms with Gasteiger partial charge in [0.1, 0.15) is 0 Å². The molecule has 16 heavy (non-hydrogen) atoms. The molecule has 0 bridgehead atoms. The molecule has 1 aromatic heterocycles. The van der Waals surface area contributed by atoms with Gasteiger partial charge in [-0.25, -0.2) is 0 Å². The molecule has 1 aromatic rings. The van der Waals surface area contributed by atoms with Crippen LogP contribution in [0.4, 0.5) is 0 Å². The second-order valence-electron chi connectivity index (χ2n) is 4.06. The Balaban J connectivity index is 2.37. The summed E-state index contributed by atoms with van der Waals surface area (Å²) in [7, 11) is 1.97. The summed E-state index contributed by atoms with van der Waals surface area (Å²) in [6.45, 7) is 5.44. The summed E-state index contributed by atoms with van der Waals surface area (Å²) in [6.07, 6.45) is 6.42. The van der Waals surface area contributed by atoms with Gasteiger partial charge in [0.25, 0.3) is 0 Å². The molecule has 1 atom stereocenters. The predicted molar refractivity (Wildman–Crippen MR) is 72.0 cm³/mol. The molecule has 0 amide bonds. The zero-order valence-corrected chi connectivity index (χ0v) is 11.4. The monoisotopic (exact) mass is 241 g/mol. The Hall–Kier alpha value is -0.480. The van der Waals surface area contributed by atoms with E-state index in [9.17, 15) is 0 Å². The Kier molecular flexibility index (Phi) is 6.57. The van der Waals surface area contributed by atoms with E-state index in [1.54, 1.807) is 0 Å². The van der Waals surface area contributed by atoms with E-state index in [0.717, 1.165) is 13.0 Å². The van der Waals surface area contributed by atoms with Crippen LogP contribution in [0.15, 0.2) is 12.4 Å². The molecular formula is C12H23N3S. The van der Waals surface area contributed by atoms with E-state index in [4.69, 9.17) is 0 Å². The Bertz CT molecular complexity index is 286. The molecule has 0 saturated heterocycles. The molecule has 0 aliphatic carbocycles. The van der Waals surface area contributed by atoms with E-state index in [1.165, 1.54) is 23.5 Å². The van der Waals surface area contributed by atoms with Crippen LogP contribution in [0.3, 0.4) is 0 Å². The van der Waals surface area contributed by atoms with Crippen molar-refractivity contribution in [1.82, 2.24) is 15.1 Å². The quantitative estimate of drug-likeness (QED) is 0.707. The minimum absolute atomic E-state index is 0.575. The van der Waals surface area contributed by atoms with Crippen LogP contribution in [-0.4, -0.2) is 33.9 Å². The molecule has 4 heteroatoms. The molecule has 3 nitrogen and oxygen atoms in total. The average Bonchev–Trinajstić information content (AvgIpc) is 2.65. The lowest BCUT2D eigenvalue weighted by Crippen LogP contribution is -2.33. The second kappa shape index (κ2) is 7.74. The van der Waals surface area contributed by atoms with Crippen LogP contribution >= 0.6 is 11.8 Å². The molecule has 1 rings (SSSR count). The molecule has 0 aliphatic rings. The summed E-state index contributed by atoms with van der Waals surface area (Å²) in [5.41, 5.74) is 1.32. The maximum absolute atomic E-state index is 4.21. The lowest BCUT2D eigenvalue weighted by molar-refractivity contribution is 0.572. The van der Waals surface area contributed by atoms with E-state index in [0.29, 0.717) is 6.04 Å². The first-order valence-electron chi connectivity index (χ1n) is 6.04. The second-order valence-corrected chi connectivity index (χ2v) is 5.21. The van der Waals surface area contributed by atoms with E-state index < -0.39 is 0 Å². The summed E-state index contributed by atoms with van der Waals surface area (Å²) in [6, 6.07) is 0.575. The third kappa shape index (κ3) is 5.03. The van der Waals surface area contributed by atoms with Crippen molar-refractivity contribution in [2.45, 2.75) is 32.7 Å². The Morgan fingerprint density at radius 3 is 2.88 bits per heavy atom. The zero-order valence-electron chi connectivity index (χ0n) is 10.6. The molecule has 0 fully saturated rings. The molecule has 92 valence electrons. The Labute approximate surface area is 103 Å². The number of aryl methyl sites for hydroxylation is 1. The van der Waals surface area contributed by atoms with Crippen molar-refractivity contribution >= 4 is 11.8 Å². The molecule has 1 N–H and O–H groups in total. The maximum atomic E-state index is 4.21. The molecule has 0 saturated carbocycles. The van der Waals surface area contributed by atoms with Crippen molar-refractivity contribution in [3.05, 3.63) is 18.0 Å². The lowest BCUT2D eigenvalue weighted by Gasteiger charge is -2.16. The Morgan fingerprint density at radius 2 is 2.31 bits per heavy atom. The molecule has 0 spiro atoms. The number of nitrogens with one attached hydrogen (secondary N) is 1. The fraction of sp³-hybridized carbons (Fsp3) is 0.750. The van der Waals surface area contributed by atoms with E-state index in [1.807, 2.05) is 29.7 Å². The molecule has 0 aliphatic heterocycles. The maximum Gasteiger partial charge on any atom is 0.0522 e. The van der Waals surface area contributed by atoms with Gasteiger partial charge in [-0.1, -0.05) is 13.8 Å². The van der Waals surface area contributed by atoms with Gasteiger partial charge in [-0.3, -0.25) is 4.68 Å². The van der Waals surface area contributed by atoms with Crippen molar-refractivity contribution < 1.29 is 0 Å². The highest BCUT2D eigenvalue weighted by molar-refractivity contribution is 7.99. The largest absolute Gasteiger partial charge is 0.313 e. The van der Waals surface area contributed by atoms with Crippen LogP contribution in [-0.2, 0) is 13.5 Å². The molecule has 1 heterocycles. The topological polar surface area (TPSA) is 29.9 Å². The van der Waals surface area contributed by atoms with Crippen LogP contribution in [0.5, 0.6) is 0 Å². The highest BCUT2D eigenvalue weighted by Crippen LogP contribution is 2.09.